The second-order valence-electron chi connectivity index (χ2n) is 5.49. The maximum absolute atomic E-state index is 8.92. The van der Waals surface area contributed by atoms with Crippen LogP contribution in [0, 0.1) is 11.3 Å². The van der Waals surface area contributed by atoms with Crippen molar-refractivity contribution in [2.75, 3.05) is 26.6 Å². The van der Waals surface area contributed by atoms with Gasteiger partial charge >= 0.3 is 0 Å². The van der Waals surface area contributed by atoms with E-state index in [1.807, 2.05) is 18.2 Å². The minimum absolute atomic E-state index is 0.422. The molecule has 0 saturated heterocycles. The van der Waals surface area contributed by atoms with Crippen molar-refractivity contribution < 1.29 is 14.2 Å². The van der Waals surface area contributed by atoms with Gasteiger partial charge < -0.3 is 19.5 Å². The molecule has 0 fully saturated rings. The predicted molar refractivity (Wildman–Crippen MR) is 102 cm³/mol. The number of anilines is 2. The number of hydrogen-bond donors (Lipinski definition) is 1. The van der Waals surface area contributed by atoms with Crippen LogP contribution in [0.3, 0.4) is 0 Å². The van der Waals surface area contributed by atoms with Crippen LogP contribution in [0.4, 0.5) is 11.6 Å². The molecule has 0 atom stereocenters. The van der Waals surface area contributed by atoms with Gasteiger partial charge in [-0.15, -0.1) is 0 Å². The minimum atomic E-state index is 0.422. The fraction of sp³-hybridized carbons (Fsp3) is 0.150. The molecule has 0 aliphatic heterocycles. The molecule has 0 radical (unpaired) electrons. The fourth-order valence-corrected chi connectivity index (χ4v) is 2.58. The van der Waals surface area contributed by atoms with Crippen LogP contribution in [0.15, 0.2) is 48.7 Å². The van der Waals surface area contributed by atoms with Gasteiger partial charge in [-0.2, -0.15) is 5.26 Å². The molecular formula is C20H18N4O3. The number of ether oxygens (including phenoxy) is 3. The van der Waals surface area contributed by atoms with Crippen LogP contribution in [0.5, 0.6) is 17.2 Å². The van der Waals surface area contributed by atoms with E-state index in [0.29, 0.717) is 34.4 Å². The Labute approximate surface area is 157 Å². The number of nitriles is 1. The van der Waals surface area contributed by atoms with Gasteiger partial charge in [-0.05, 0) is 18.2 Å². The van der Waals surface area contributed by atoms with Crippen LogP contribution in [0.2, 0.25) is 0 Å². The Kier molecular flexibility index (Phi) is 5.38. The van der Waals surface area contributed by atoms with Gasteiger partial charge in [-0.3, -0.25) is 0 Å². The van der Waals surface area contributed by atoms with Gasteiger partial charge in [-0.25, -0.2) is 9.97 Å². The number of nitrogens with zero attached hydrogens (tertiary/aromatic N) is 3. The summed E-state index contributed by atoms with van der Waals surface area (Å²) in [6.07, 6.45) is 1.67. The molecule has 0 saturated carbocycles. The Bertz CT molecular complexity index is 956. The molecule has 0 aliphatic carbocycles. The van der Waals surface area contributed by atoms with E-state index in [4.69, 9.17) is 19.5 Å². The smallest absolute Gasteiger partial charge is 0.227 e. The fourth-order valence-electron chi connectivity index (χ4n) is 2.58. The summed E-state index contributed by atoms with van der Waals surface area (Å²) in [7, 11) is 4.67. The van der Waals surface area contributed by atoms with Crippen molar-refractivity contribution in [3.8, 4) is 34.6 Å². The van der Waals surface area contributed by atoms with Gasteiger partial charge in [0.2, 0.25) is 11.7 Å². The SMILES string of the molecule is COc1cc(Nc2nccc(-c3ccc(C#N)cc3)n2)cc(OC)c1OC. The molecule has 136 valence electrons. The van der Waals surface area contributed by atoms with Crippen molar-refractivity contribution in [1.29, 1.82) is 5.26 Å². The first-order valence-corrected chi connectivity index (χ1v) is 8.09. The second-order valence-corrected chi connectivity index (χ2v) is 5.49. The van der Waals surface area contributed by atoms with Gasteiger partial charge in [0.1, 0.15) is 0 Å². The zero-order valence-corrected chi connectivity index (χ0v) is 15.2. The number of hydrogen-bond acceptors (Lipinski definition) is 7. The highest BCUT2D eigenvalue weighted by Crippen LogP contribution is 2.40. The molecule has 3 rings (SSSR count). The minimum Gasteiger partial charge on any atom is -0.493 e. The summed E-state index contributed by atoms with van der Waals surface area (Å²) in [5, 5.41) is 12.1. The average molecular weight is 362 g/mol. The zero-order valence-electron chi connectivity index (χ0n) is 15.2. The van der Waals surface area contributed by atoms with Crippen LogP contribution < -0.4 is 19.5 Å². The van der Waals surface area contributed by atoms with Crippen LogP contribution in [-0.4, -0.2) is 31.3 Å². The summed E-state index contributed by atoms with van der Waals surface area (Å²) in [5.41, 5.74) is 2.93. The maximum atomic E-state index is 8.92. The number of nitrogens with one attached hydrogen (secondary N) is 1. The van der Waals surface area contributed by atoms with E-state index < -0.39 is 0 Å². The van der Waals surface area contributed by atoms with E-state index in [9.17, 15) is 0 Å². The number of benzene rings is 2. The van der Waals surface area contributed by atoms with Crippen molar-refractivity contribution in [3.63, 3.8) is 0 Å². The first-order chi connectivity index (χ1) is 13.2. The summed E-state index contributed by atoms with van der Waals surface area (Å²) in [4.78, 5) is 8.79. The van der Waals surface area contributed by atoms with E-state index in [2.05, 4.69) is 21.4 Å². The normalized spacial score (nSPS) is 10.0. The predicted octanol–water partition coefficient (Wildman–Crippen LogP) is 3.78. The van der Waals surface area contributed by atoms with Crippen molar-refractivity contribution in [3.05, 3.63) is 54.2 Å². The van der Waals surface area contributed by atoms with E-state index in [-0.39, 0.29) is 0 Å². The Balaban J connectivity index is 1.91. The van der Waals surface area contributed by atoms with Crippen molar-refractivity contribution in [2.45, 2.75) is 0 Å². The Hall–Kier alpha value is -3.79. The largest absolute Gasteiger partial charge is 0.493 e. The Morgan fingerprint density at radius 2 is 1.59 bits per heavy atom. The third-order valence-corrected chi connectivity index (χ3v) is 3.89. The van der Waals surface area contributed by atoms with Crippen LogP contribution >= 0.6 is 0 Å². The van der Waals surface area contributed by atoms with E-state index in [0.717, 1.165) is 11.3 Å². The first kappa shape index (κ1) is 18.0. The molecule has 0 spiro atoms. The first-order valence-electron chi connectivity index (χ1n) is 8.09. The second kappa shape index (κ2) is 8.06. The molecule has 1 N–H and O–H groups in total. The number of methoxy groups -OCH3 is 3. The van der Waals surface area contributed by atoms with Gasteiger partial charge in [0, 0.05) is 29.6 Å². The van der Waals surface area contributed by atoms with Gasteiger partial charge in [0.25, 0.3) is 0 Å². The topological polar surface area (TPSA) is 89.3 Å². The summed E-state index contributed by atoms with van der Waals surface area (Å²) < 4.78 is 16.0. The quantitative estimate of drug-likeness (QED) is 0.713. The summed E-state index contributed by atoms with van der Waals surface area (Å²) in [5.74, 6) is 1.99. The summed E-state index contributed by atoms with van der Waals surface area (Å²) >= 11 is 0. The lowest BCUT2D eigenvalue weighted by atomic mass is 10.1. The van der Waals surface area contributed by atoms with Crippen molar-refractivity contribution >= 4 is 11.6 Å². The van der Waals surface area contributed by atoms with Crippen LogP contribution in [0.1, 0.15) is 5.56 Å². The average Bonchev–Trinajstić information content (AvgIpc) is 2.73. The van der Waals surface area contributed by atoms with E-state index in [1.54, 1.807) is 51.8 Å². The molecule has 2 aromatic carbocycles. The van der Waals surface area contributed by atoms with Gasteiger partial charge in [0.05, 0.1) is 38.7 Å². The molecule has 7 nitrogen and oxygen atoms in total. The Morgan fingerprint density at radius 1 is 0.926 bits per heavy atom. The number of rotatable bonds is 6. The van der Waals surface area contributed by atoms with Crippen molar-refractivity contribution in [1.82, 2.24) is 9.97 Å². The maximum Gasteiger partial charge on any atom is 0.227 e. The molecule has 0 amide bonds. The Morgan fingerprint density at radius 3 is 2.15 bits per heavy atom. The molecule has 0 aliphatic rings. The molecule has 1 heterocycles. The standard InChI is InChI=1S/C20H18N4O3/c1-25-17-10-15(11-18(26-2)19(17)27-3)23-20-22-9-8-16(24-20)14-6-4-13(12-21)5-7-14/h4-11H,1-3H3,(H,22,23,24). The van der Waals surface area contributed by atoms with Gasteiger partial charge in [-0.1, -0.05) is 12.1 Å². The lowest BCUT2D eigenvalue weighted by molar-refractivity contribution is 0.324. The van der Waals surface area contributed by atoms with E-state index >= 15 is 0 Å². The molecular weight excluding hydrogens is 344 g/mol. The third kappa shape index (κ3) is 3.90. The number of aromatic nitrogens is 2. The molecule has 0 unspecified atom stereocenters. The van der Waals surface area contributed by atoms with Crippen molar-refractivity contribution in [2.24, 2.45) is 0 Å². The lowest BCUT2D eigenvalue weighted by Crippen LogP contribution is -2.00. The molecule has 27 heavy (non-hydrogen) atoms. The highest BCUT2D eigenvalue weighted by atomic mass is 16.5. The molecule has 3 aromatic rings. The van der Waals surface area contributed by atoms with Gasteiger partial charge in [0.15, 0.2) is 11.5 Å². The van der Waals surface area contributed by atoms with E-state index in [1.165, 1.54) is 0 Å². The third-order valence-electron chi connectivity index (χ3n) is 3.89. The van der Waals surface area contributed by atoms with Crippen LogP contribution in [0.25, 0.3) is 11.3 Å². The monoisotopic (exact) mass is 362 g/mol. The zero-order chi connectivity index (χ0) is 19.2. The van der Waals surface area contributed by atoms with Crippen LogP contribution in [-0.2, 0) is 0 Å². The molecule has 1 aromatic heterocycles. The lowest BCUT2D eigenvalue weighted by Gasteiger charge is -2.14. The highest BCUT2D eigenvalue weighted by Gasteiger charge is 2.14. The molecule has 7 heteroatoms. The summed E-state index contributed by atoms with van der Waals surface area (Å²) in [6.45, 7) is 0. The highest BCUT2D eigenvalue weighted by molar-refractivity contribution is 5.67. The summed E-state index contributed by atoms with van der Waals surface area (Å²) in [6, 6.07) is 14.7. The molecule has 0 bridgehead atoms.